The summed E-state index contributed by atoms with van der Waals surface area (Å²) in [6.45, 7) is 1.06. The smallest absolute Gasteiger partial charge is 0.316 e. The second-order valence-corrected chi connectivity index (χ2v) is 6.57. The van der Waals surface area contributed by atoms with Crippen molar-refractivity contribution in [3.8, 4) is 0 Å². The lowest BCUT2D eigenvalue weighted by Gasteiger charge is -2.07. The van der Waals surface area contributed by atoms with Gasteiger partial charge in [0.25, 0.3) is 5.91 Å². The lowest BCUT2D eigenvalue weighted by atomic mass is 10.1. The second kappa shape index (κ2) is 9.25. The van der Waals surface area contributed by atoms with E-state index in [4.69, 9.17) is 16.3 Å². The van der Waals surface area contributed by atoms with Crippen molar-refractivity contribution in [3.05, 3.63) is 59.1 Å². The summed E-state index contributed by atoms with van der Waals surface area (Å²) >= 11 is 7.08. The van der Waals surface area contributed by atoms with Crippen molar-refractivity contribution in [1.29, 1.82) is 0 Å². The molecule has 0 atom stereocenters. The molecule has 0 saturated carbocycles. The highest BCUT2D eigenvalue weighted by atomic mass is 35.5. The average Bonchev–Trinajstić information content (AvgIpc) is 2.59. The van der Waals surface area contributed by atoms with Crippen LogP contribution >= 0.6 is 23.4 Å². The number of rotatable bonds is 7. The van der Waals surface area contributed by atoms with Gasteiger partial charge in [-0.3, -0.25) is 14.4 Å². The van der Waals surface area contributed by atoms with Gasteiger partial charge in [0.05, 0.1) is 5.75 Å². The van der Waals surface area contributed by atoms with Gasteiger partial charge in [-0.2, -0.15) is 0 Å². The lowest BCUT2D eigenvalue weighted by molar-refractivity contribution is -0.144. The molecule has 7 heteroatoms. The maximum absolute atomic E-state index is 11.8. The largest absolute Gasteiger partial charge is 0.455 e. The molecule has 0 fully saturated rings. The predicted octanol–water partition coefficient (Wildman–Crippen LogP) is 3.82. The minimum atomic E-state index is -0.493. The van der Waals surface area contributed by atoms with E-state index in [2.05, 4.69) is 5.32 Å². The van der Waals surface area contributed by atoms with Gasteiger partial charge in [0.2, 0.25) is 0 Å². The van der Waals surface area contributed by atoms with Gasteiger partial charge in [0, 0.05) is 21.2 Å². The molecule has 2 aromatic carbocycles. The van der Waals surface area contributed by atoms with Crippen molar-refractivity contribution in [2.75, 3.05) is 17.7 Å². The third-order valence-electron chi connectivity index (χ3n) is 3.09. The van der Waals surface area contributed by atoms with Crippen LogP contribution in [0.5, 0.6) is 0 Å². The molecule has 2 aromatic rings. The van der Waals surface area contributed by atoms with Crippen molar-refractivity contribution >= 4 is 46.7 Å². The molecule has 0 aliphatic carbocycles. The predicted molar refractivity (Wildman–Crippen MR) is 98.2 cm³/mol. The summed E-state index contributed by atoms with van der Waals surface area (Å²) in [5.74, 6) is -0.964. The number of benzene rings is 2. The van der Waals surface area contributed by atoms with Crippen LogP contribution in [-0.2, 0) is 14.3 Å². The van der Waals surface area contributed by atoms with E-state index in [9.17, 15) is 14.4 Å². The van der Waals surface area contributed by atoms with Crippen LogP contribution in [0.15, 0.2) is 53.4 Å². The van der Waals surface area contributed by atoms with Gasteiger partial charge in [-0.05, 0) is 43.3 Å². The van der Waals surface area contributed by atoms with Gasteiger partial charge in [0.15, 0.2) is 12.4 Å². The normalized spacial score (nSPS) is 10.2. The maximum atomic E-state index is 11.8. The molecule has 0 heterocycles. The number of ether oxygens (including phenoxy) is 1. The van der Waals surface area contributed by atoms with E-state index in [0.717, 1.165) is 4.90 Å². The van der Waals surface area contributed by atoms with E-state index in [-0.39, 0.29) is 18.1 Å². The molecule has 0 aliphatic heterocycles. The Kier molecular flexibility index (Phi) is 7.03. The van der Waals surface area contributed by atoms with Gasteiger partial charge < -0.3 is 10.1 Å². The molecular formula is C18H16ClNO4S. The number of carbonyl (C=O) groups is 3. The first-order chi connectivity index (χ1) is 11.9. The van der Waals surface area contributed by atoms with Crippen LogP contribution in [0.4, 0.5) is 5.69 Å². The monoisotopic (exact) mass is 377 g/mol. The highest BCUT2D eigenvalue weighted by molar-refractivity contribution is 8.00. The summed E-state index contributed by atoms with van der Waals surface area (Å²) in [7, 11) is 0. The number of halogens is 1. The summed E-state index contributed by atoms with van der Waals surface area (Å²) < 4.78 is 4.93. The van der Waals surface area contributed by atoms with Crippen LogP contribution in [0.1, 0.15) is 17.3 Å². The highest BCUT2D eigenvalue weighted by Crippen LogP contribution is 2.20. The summed E-state index contributed by atoms with van der Waals surface area (Å²) in [6.07, 6.45) is 0. The fourth-order valence-corrected chi connectivity index (χ4v) is 2.70. The lowest BCUT2D eigenvalue weighted by Crippen LogP contribution is -2.21. The number of anilines is 1. The minimum Gasteiger partial charge on any atom is -0.455 e. The van der Waals surface area contributed by atoms with Crippen molar-refractivity contribution in [1.82, 2.24) is 0 Å². The van der Waals surface area contributed by atoms with Crippen LogP contribution in [0.25, 0.3) is 0 Å². The first-order valence-electron chi connectivity index (χ1n) is 7.39. The number of ketones is 1. The zero-order chi connectivity index (χ0) is 18.2. The van der Waals surface area contributed by atoms with Gasteiger partial charge in [0.1, 0.15) is 0 Å². The van der Waals surface area contributed by atoms with E-state index in [0.29, 0.717) is 16.3 Å². The van der Waals surface area contributed by atoms with Crippen molar-refractivity contribution < 1.29 is 19.1 Å². The summed E-state index contributed by atoms with van der Waals surface area (Å²) in [6, 6.07) is 13.6. The molecule has 0 unspecified atom stereocenters. The molecule has 5 nitrogen and oxygen atoms in total. The van der Waals surface area contributed by atoms with E-state index in [1.165, 1.54) is 18.7 Å². The molecule has 0 aliphatic rings. The van der Waals surface area contributed by atoms with Crippen LogP contribution in [-0.4, -0.2) is 30.0 Å². The zero-order valence-electron chi connectivity index (χ0n) is 13.5. The van der Waals surface area contributed by atoms with Gasteiger partial charge in [-0.15, -0.1) is 11.8 Å². The SMILES string of the molecule is CC(=O)c1cccc(NC(=O)COC(=O)CSc2ccc(Cl)cc2)c1. The van der Waals surface area contributed by atoms with E-state index < -0.39 is 11.9 Å². The molecule has 130 valence electrons. The molecular weight excluding hydrogens is 362 g/mol. The van der Waals surface area contributed by atoms with Gasteiger partial charge >= 0.3 is 5.97 Å². The van der Waals surface area contributed by atoms with E-state index >= 15 is 0 Å². The van der Waals surface area contributed by atoms with Crippen LogP contribution in [0.2, 0.25) is 5.02 Å². The fraction of sp³-hybridized carbons (Fsp3) is 0.167. The van der Waals surface area contributed by atoms with Crippen molar-refractivity contribution in [3.63, 3.8) is 0 Å². The Morgan fingerprint density at radius 1 is 1.12 bits per heavy atom. The summed E-state index contributed by atoms with van der Waals surface area (Å²) in [5.41, 5.74) is 0.971. The highest BCUT2D eigenvalue weighted by Gasteiger charge is 2.09. The number of amides is 1. The van der Waals surface area contributed by atoms with Crippen LogP contribution in [0, 0.1) is 0 Å². The Morgan fingerprint density at radius 3 is 2.52 bits per heavy atom. The van der Waals surface area contributed by atoms with Gasteiger partial charge in [-0.25, -0.2) is 0 Å². The Morgan fingerprint density at radius 2 is 1.84 bits per heavy atom. The van der Waals surface area contributed by atoms with Crippen molar-refractivity contribution in [2.24, 2.45) is 0 Å². The fourth-order valence-electron chi connectivity index (χ4n) is 1.87. The van der Waals surface area contributed by atoms with E-state index in [1.54, 1.807) is 48.5 Å². The quantitative estimate of drug-likeness (QED) is 0.451. The molecule has 0 aromatic heterocycles. The third kappa shape index (κ3) is 6.60. The topological polar surface area (TPSA) is 72.5 Å². The standard InChI is InChI=1S/C18H16ClNO4S/c1-12(21)13-3-2-4-15(9-13)20-17(22)10-24-18(23)11-25-16-7-5-14(19)6-8-16/h2-9H,10-11H2,1H3,(H,20,22). The zero-order valence-corrected chi connectivity index (χ0v) is 15.0. The summed E-state index contributed by atoms with van der Waals surface area (Å²) in [4.78, 5) is 35.7. The number of hydrogen-bond acceptors (Lipinski definition) is 5. The molecule has 25 heavy (non-hydrogen) atoms. The summed E-state index contributed by atoms with van der Waals surface area (Å²) in [5, 5.41) is 3.21. The second-order valence-electron chi connectivity index (χ2n) is 5.09. The van der Waals surface area contributed by atoms with Crippen molar-refractivity contribution in [2.45, 2.75) is 11.8 Å². The number of nitrogens with one attached hydrogen (secondary N) is 1. The third-order valence-corrected chi connectivity index (χ3v) is 4.32. The average molecular weight is 378 g/mol. The van der Waals surface area contributed by atoms with Gasteiger partial charge in [-0.1, -0.05) is 23.7 Å². The first kappa shape index (κ1) is 19.0. The number of hydrogen-bond donors (Lipinski definition) is 1. The minimum absolute atomic E-state index is 0.0920. The first-order valence-corrected chi connectivity index (χ1v) is 8.75. The van der Waals surface area contributed by atoms with Crippen LogP contribution < -0.4 is 5.32 Å². The maximum Gasteiger partial charge on any atom is 0.316 e. The van der Waals surface area contributed by atoms with Crippen LogP contribution in [0.3, 0.4) is 0 Å². The number of thioether (sulfide) groups is 1. The Hall–Kier alpha value is -2.31. The number of Topliss-reactive ketones (excluding diaryl/α,β-unsaturated/α-hetero) is 1. The molecule has 1 amide bonds. The Bertz CT molecular complexity index is 777. The molecule has 0 radical (unpaired) electrons. The molecule has 0 spiro atoms. The Balaban J connectivity index is 1.75. The molecule has 0 bridgehead atoms. The Labute approximate surface area is 154 Å². The molecule has 2 rings (SSSR count). The van der Waals surface area contributed by atoms with E-state index in [1.807, 2.05) is 0 Å². The number of carbonyl (C=O) groups excluding carboxylic acids is 3. The molecule has 0 saturated heterocycles. The molecule has 1 N–H and O–H groups in total. The number of esters is 1.